The highest BCUT2D eigenvalue weighted by molar-refractivity contribution is 5.96. The van der Waals surface area contributed by atoms with Gasteiger partial charge < -0.3 is 21.1 Å². The van der Waals surface area contributed by atoms with E-state index in [-0.39, 0.29) is 11.9 Å². The summed E-state index contributed by atoms with van der Waals surface area (Å²) in [5.74, 6) is 2.09. The van der Waals surface area contributed by atoms with Crippen molar-refractivity contribution in [1.29, 1.82) is 0 Å². The summed E-state index contributed by atoms with van der Waals surface area (Å²) in [5, 5.41) is 5.73. The van der Waals surface area contributed by atoms with Gasteiger partial charge in [0.1, 0.15) is 29.3 Å². The van der Waals surface area contributed by atoms with Crippen LogP contribution in [0.4, 0.5) is 5.82 Å². The monoisotopic (exact) mass is 459 g/mol. The third kappa shape index (κ3) is 4.26. The molecule has 3 heterocycles. The summed E-state index contributed by atoms with van der Waals surface area (Å²) < 4.78 is 7.92. The molecule has 3 aromatic rings. The van der Waals surface area contributed by atoms with E-state index in [1.165, 1.54) is 6.33 Å². The van der Waals surface area contributed by atoms with Crippen LogP contribution < -0.4 is 16.2 Å². The van der Waals surface area contributed by atoms with Crippen LogP contribution in [0.1, 0.15) is 44.3 Å². The van der Waals surface area contributed by atoms with Crippen LogP contribution in [0, 0.1) is 0 Å². The SMILES string of the molecule is CC(N)C(=O)N1CCCC(n2nc(C3=CC=C(Oc4ccccc4)CC3)c3c(N)ncnc32)C1. The van der Waals surface area contributed by atoms with Crippen LogP contribution in [-0.4, -0.2) is 49.7 Å². The Morgan fingerprint density at radius 1 is 1.18 bits per heavy atom. The van der Waals surface area contributed by atoms with Crippen LogP contribution in [0.15, 0.2) is 54.6 Å². The van der Waals surface area contributed by atoms with Crippen LogP contribution in [-0.2, 0) is 4.79 Å². The molecule has 0 bridgehead atoms. The van der Waals surface area contributed by atoms with Crippen molar-refractivity contribution < 1.29 is 9.53 Å². The molecule has 34 heavy (non-hydrogen) atoms. The topological polar surface area (TPSA) is 125 Å². The highest BCUT2D eigenvalue weighted by atomic mass is 16.5. The lowest BCUT2D eigenvalue weighted by Gasteiger charge is -2.33. The molecule has 1 amide bonds. The fraction of sp³-hybridized carbons (Fsp3) is 0.360. The fourth-order valence-corrected chi connectivity index (χ4v) is 4.66. The maximum absolute atomic E-state index is 12.5. The number of benzene rings is 1. The molecule has 2 atom stereocenters. The van der Waals surface area contributed by atoms with E-state index in [2.05, 4.69) is 9.97 Å². The number of ether oxygens (including phenoxy) is 1. The number of hydrogen-bond acceptors (Lipinski definition) is 7. The maximum Gasteiger partial charge on any atom is 0.239 e. The van der Waals surface area contributed by atoms with E-state index in [9.17, 15) is 4.79 Å². The Morgan fingerprint density at radius 3 is 2.74 bits per heavy atom. The van der Waals surface area contributed by atoms with Crippen molar-refractivity contribution in [3.8, 4) is 5.75 Å². The summed E-state index contributed by atoms with van der Waals surface area (Å²) >= 11 is 0. The van der Waals surface area contributed by atoms with Crippen LogP contribution in [0.25, 0.3) is 16.6 Å². The van der Waals surface area contributed by atoms with E-state index in [1.807, 2.05) is 52.1 Å². The number of nitrogens with two attached hydrogens (primary N) is 2. The van der Waals surface area contributed by atoms with Gasteiger partial charge in [-0.2, -0.15) is 5.10 Å². The number of carbonyl (C=O) groups excluding carboxylic acids is 1. The molecule has 1 saturated heterocycles. The fourth-order valence-electron chi connectivity index (χ4n) is 4.66. The Morgan fingerprint density at radius 2 is 2.00 bits per heavy atom. The van der Waals surface area contributed by atoms with Gasteiger partial charge in [0.25, 0.3) is 0 Å². The molecule has 2 unspecified atom stereocenters. The lowest BCUT2D eigenvalue weighted by molar-refractivity contribution is -0.133. The Labute approximate surface area is 198 Å². The summed E-state index contributed by atoms with van der Waals surface area (Å²) in [6, 6.07) is 9.23. The average molecular weight is 460 g/mol. The molecule has 2 aliphatic rings. The number of para-hydroxylation sites is 1. The van der Waals surface area contributed by atoms with Gasteiger partial charge in [-0.15, -0.1) is 0 Å². The summed E-state index contributed by atoms with van der Waals surface area (Å²) in [6.07, 6.45) is 8.78. The molecule has 1 aromatic carbocycles. The number of amides is 1. The van der Waals surface area contributed by atoms with Crippen LogP contribution in [0.2, 0.25) is 0 Å². The van der Waals surface area contributed by atoms with Gasteiger partial charge in [-0.3, -0.25) is 4.79 Å². The highest BCUT2D eigenvalue weighted by Gasteiger charge is 2.30. The molecular formula is C25H29N7O2. The van der Waals surface area contributed by atoms with Gasteiger partial charge in [0.2, 0.25) is 5.91 Å². The summed E-state index contributed by atoms with van der Waals surface area (Å²) in [4.78, 5) is 23.1. The first-order chi connectivity index (χ1) is 16.5. The van der Waals surface area contributed by atoms with E-state index < -0.39 is 6.04 Å². The van der Waals surface area contributed by atoms with Crippen molar-refractivity contribution in [1.82, 2.24) is 24.6 Å². The Bertz CT molecular complexity index is 1260. The van der Waals surface area contributed by atoms with E-state index in [0.717, 1.165) is 53.8 Å². The molecule has 9 heteroatoms. The molecule has 1 aliphatic carbocycles. The Kier molecular flexibility index (Phi) is 6.02. The number of likely N-dealkylation sites (tertiary alicyclic amines) is 1. The van der Waals surface area contributed by atoms with Gasteiger partial charge in [-0.25, -0.2) is 14.6 Å². The number of piperidine rings is 1. The van der Waals surface area contributed by atoms with Gasteiger partial charge >= 0.3 is 0 Å². The number of nitrogen functional groups attached to an aromatic ring is 1. The summed E-state index contributed by atoms with van der Waals surface area (Å²) in [5.41, 5.74) is 14.7. The van der Waals surface area contributed by atoms with Crippen molar-refractivity contribution in [2.75, 3.05) is 18.8 Å². The second-order valence-electron chi connectivity index (χ2n) is 8.86. The molecule has 0 spiro atoms. The van der Waals surface area contributed by atoms with E-state index in [4.69, 9.17) is 21.3 Å². The molecule has 0 saturated carbocycles. The van der Waals surface area contributed by atoms with Gasteiger partial charge in [0.15, 0.2) is 5.65 Å². The number of carbonyl (C=O) groups is 1. The molecule has 176 valence electrons. The first-order valence-corrected chi connectivity index (χ1v) is 11.7. The van der Waals surface area contributed by atoms with Crippen LogP contribution >= 0.6 is 0 Å². The normalized spacial score (nSPS) is 19.5. The third-order valence-electron chi connectivity index (χ3n) is 6.37. The number of rotatable bonds is 5. The minimum Gasteiger partial charge on any atom is -0.462 e. The first-order valence-electron chi connectivity index (χ1n) is 11.7. The van der Waals surface area contributed by atoms with Crippen molar-refractivity contribution in [2.24, 2.45) is 5.73 Å². The van der Waals surface area contributed by atoms with Gasteiger partial charge in [-0.05, 0) is 50.0 Å². The molecular weight excluding hydrogens is 430 g/mol. The largest absolute Gasteiger partial charge is 0.462 e. The first kappa shape index (κ1) is 22.1. The van der Waals surface area contributed by atoms with E-state index in [0.29, 0.717) is 24.6 Å². The molecule has 5 rings (SSSR count). The maximum atomic E-state index is 12.5. The minimum atomic E-state index is -0.520. The quantitative estimate of drug-likeness (QED) is 0.601. The zero-order chi connectivity index (χ0) is 23.7. The van der Waals surface area contributed by atoms with Crippen LogP contribution in [0.3, 0.4) is 0 Å². The lowest BCUT2D eigenvalue weighted by Crippen LogP contribution is -2.47. The van der Waals surface area contributed by atoms with Crippen molar-refractivity contribution in [3.05, 3.63) is 60.3 Å². The Balaban J connectivity index is 1.47. The zero-order valence-electron chi connectivity index (χ0n) is 19.2. The standard InChI is InChI=1S/C25H29N7O2/c1-16(26)25(33)31-13-5-6-18(14-31)32-24-21(23(27)28-15-29-24)22(30-32)17-9-11-20(12-10-17)34-19-7-3-2-4-8-19/h2-4,7-9,11,15-16,18H,5-6,10,12-14,26H2,1H3,(H2,27,28,29). The number of allylic oxidation sites excluding steroid dienone is 4. The van der Waals surface area contributed by atoms with E-state index in [1.54, 1.807) is 6.92 Å². The zero-order valence-corrected chi connectivity index (χ0v) is 19.2. The predicted octanol–water partition coefficient (Wildman–Crippen LogP) is 3.06. The molecule has 1 aliphatic heterocycles. The van der Waals surface area contributed by atoms with Crippen molar-refractivity contribution >= 4 is 28.3 Å². The lowest BCUT2D eigenvalue weighted by atomic mass is 9.99. The van der Waals surface area contributed by atoms with Gasteiger partial charge in [0, 0.05) is 19.5 Å². The van der Waals surface area contributed by atoms with Crippen molar-refractivity contribution in [3.63, 3.8) is 0 Å². The third-order valence-corrected chi connectivity index (χ3v) is 6.37. The van der Waals surface area contributed by atoms with Crippen LogP contribution in [0.5, 0.6) is 5.75 Å². The summed E-state index contributed by atoms with van der Waals surface area (Å²) in [7, 11) is 0. The highest BCUT2D eigenvalue weighted by Crippen LogP contribution is 2.35. The number of fused-ring (bicyclic) bond motifs is 1. The molecule has 9 nitrogen and oxygen atoms in total. The number of anilines is 1. The van der Waals surface area contributed by atoms with E-state index >= 15 is 0 Å². The molecule has 0 radical (unpaired) electrons. The Hall–Kier alpha value is -3.72. The predicted molar refractivity (Wildman–Crippen MR) is 131 cm³/mol. The second-order valence-corrected chi connectivity index (χ2v) is 8.86. The molecule has 2 aromatic heterocycles. The average Bonchev–Trinajstić information content (AvgIpc) is 3.26. The number of nitrogens with zero attached hydrogens (tertiary/aromatic N) is 5. The van der Waals surface area contributed by atoms with Gasteiger partial charge in [0.05, 0.1) is 17.5 Å². The number of hydrogen-bond donors (Lipinski definition) is 2. The van der Waals surface area contributed by atoms with Gasteiger partial charge in [-0.1, -0.05) is 24.3 Å². The smallest absolute Gasteiger partial charge is 0.239 e. The number of aromatic nitrogens is 4. The second kappa shape index (κ2) is 9.26. The molecule has 1 fully saturated rings. The summed E-state index contributed by atoms with van der Waals surface area (Å²) in [6.45, 7) is 2.98. The molecule has 4 N–H and O–H groups in total. The van der Waals surface area contributed by atoms with Crippen molar-refractivity contribution in [2.45, 2.75) is 44.7 Å². The minimum absolute atomic E-state index is 0.00120.